The standard InChI is InChI=1S/C15H21ClFN/c1-5-15(4,10-18-11(2)3)9-12-6-7-13(16)14(17)8-12/h5-8,11,18H,1,9-10H2,2-4H3. The third kappa shape index (κ3) is 4.43. The molecule has 1 nitrogen and oxygen atoms in total. The number of nitrogens with one attached hydrogen (secondary N) is 1. The molecule has 0 aliphatic rings. The van der Waals surface area contributed by atoms with Crippen molar-refractivity contribution in [2.45, 2.75) is 33.2 Å². The summed E-state index contributed by atoms with van der Waals surface area (Å²) in [4.78, 5) is 0. The van der Waals surface area contributed by atoms with Gasteiger partial charge in [-0.25, -0.2) is 4.39 Å². The Morgan fingerprint density at radius 1 is 1.50 bits per heavy atom. The van der Waals surface area contributed by atoms with Crippen LogP contribution in [0.3, 0.4) is 0 Å². The van der Waals surface area contributed by atoms with Gasteiger partial charge in [-0.1, -0.05) is 44.5 Å². The highest BCUT2D eigenvalue weighted by Gasteiger charge is 2.21. The fourth-order valence-electron chi connectivity index (χ4n) is 1.76. The molecule has 0 aliphatic heterocycles. The molecule has 3 heteroatoms. The SMILES string of the molecule is C=CC(C)(CNC(C)C)Cc1ccc(Cl)c(F)c1. The van der Waals surface area contributed by atoms with E-state index < -0.39 is 0 Å². The first kappa shape index (κ1) is 15.2. The van der Waals surface area contributed by atoms with Crippen LogP contribution in [0.25, 0.3) is 0 Å². The quantitative estimate of drug-likeness (QED) is 0.763. The molecule has 1 aromatic rings. The monoisotopic (exact) mass is 269 g/mol. The van der Waals surface area contributed by atoms with Crippen LogP contribution in [0, 0.1) is 11.2 Å². The molecular weight excluding hydrogens is 249 g/mol. The minimum absolute atomic E-state index is 0.0927. The van der Waals surface area contributed by atoms with Gasteiger partial charge in [0.15, 0.2) is 0 Å². The molecule has 100 valence electrons. The molecule has 1 atom stereocenters. The predicted molar refractivity (Wildman–Crippen MR) is 76.6 cm³/mol. The lowest BCUT2D eigenvalue weighted by atomic mass is 9.83. The Hall–Kier alpha value is -0.860. The second-order valence-electron chi connectivity index (χ2n) is 5.32. The van der Waals surface area contributed by atoms with Gasteiger partial charge in [-0.15, -0.1) is 6.58 Å². The number of rotatable bonds is 6. The third-order valence-electron chi connectivity index (χ3n) is 3.00. The lowest BCUT2D eigenvalue weighted by molar-refractivity contribution is 0.373. The van der Waals surface area contributed by atoms with E-state index in [0.29, 0.717) is 6.04 Å². The van der Waals surface area contributed by atoms with E-state index in [0.717, 1.165) is 18.5 Å². The second-order valence-corrected chi connectivity index (χ2v) is 5.73. The van der Waals surface area contributed by atoms with E-state index in [9.17, 15) is 4.39 Å². The predicted octanol–water partition coefficient (Wildman–Crippen LogP) is 4.21. The van der Waals surface area contributed by atoms with Crippen LogP contribution in [0.15, 0.2) is 30.9 Å². The maximum Gasteiger partial charge on any atom is 0.142 e. The minimum Gasteiger partial charge on any atom is -0.314 e. The number of benzene rings is 1. The molecule has 1 N–H and O–H groups in total. The Balaban J connectivity index is 2.77. The Bertz CT molecular complexity index is 417. The van der Waals surface area contributed by atoms with Crippen molar-refractivity contribution in [1.29, 1.82) is 0 Å². The maximum absolute atomic E-state index is 13.4. The first-order chi connectivity index (χ1) is 8.36. The van der Waals surface area contributed by atoms with Gasteiger partial charge in [0.1, 0.15) is 5.82 Å². The maximum atomic E-state index is 13.4. The van der Waals surface area contributed by atoms with Crippen LogP contribution >= 0.6 is 11.6 Å². The average molecular weight is 270 g/mol. The molecule has 0 spiro atoms. The third-order valence-corrected chi connectivity index (χ3v) is 3.31. The van der Waals surface area contributed by atoms with Crippen LogP contribution in [-0.2, 0) is 6.42 Å². The van der Waals surface area contributed by atoms with Crippen molar-refractivity contribution in [2.75, 3.05) is 6.54 Å². The number of hydrogen-bond acceptors (Lipinski definition) is 1. The van der Waals surface area contributed by atoms with Gasteiger partial charge in [0.2, 0.25) is 0 Å². The average Bonchev–Trinajstić information content (AvgIpc) is 2.31. The van der Waals surface area contributed by atoms with Crippen molar-refractivity contribution in [3.8, 4) is 0 Å². The van der Waals surface area contributed by atoms with Gasteiger partial charge < -0.3 is 5.32 Å². The van der Waals surface area contributed by atoms with Crippen LogP contribution in [0.4, 0.5) is 4.39 Å². The summed E-state index contributed by atoms with van der Waals surface area (Å²) in [6, 6.07) is 5.39. The molecule has 0 radical (unpaired) electrons. The zero-order valence-corrected chi connectivity index (χ0v) is 12.0. The van der Waals surface area contributed by atoms with Gasteiger partial charge in [-0.2, -0.15) is 0 Å². The molecule has 1 rings (SSSR count). The first-order valence-electron chi connectivity index (χ1n) is 6.17. The first-order valence-corrected chi connectivity index (χ1v) is 6.55. The van der Waals surface area contributed by atoms with E-state index >= 15 is 0 Å². The van der Waals surface area contributed by atoms with E-state index in [1.807, 2.05) is 12.1 Å². The van der Waals surface area contributed by atoms with E-state index in [2.05, 4.69) is 32.7 Å². The van der Waals surface area contributed by atoms with Crippen molar-refractivity contribution < 1.29 is 4.39 Å². The molecule has 0 saturated heterocycles. The summed E-state index contributed by atoms with van der Waals surface area (Å²) >= 11 is 5.68. The van der Waals surface area contributed by atoms with Crippen LogP contribution in [-0.4, -0.2) is 12.6 Å². The van der Waals surface area contributed by atoms with Crippen molar-refractivity contribution in [1.82, 2.24) is 5.32 Å². The molecular formula is C15H21ClFN. The normalized spacial score (nSPS) is 14.6. The highest BCUT2D eigenvalue weighted by molar-refractivity contribution is 6.30. The fraction of sp³-hybridized carbons (Fsp3) is 0.467. The summed E-state index contributed by atoms with van der Waals surface area (Å²) < 4.78 is 13.4. The summed E-state index contributed by atoms with van der Waals surface area (Å²) in [6.45, 7) is 11.0. The summed E-state index contributed by atoms with van der Waals surface area (Å²) in [6.07, 6.45) is 2.67. The van der Waals surface area contributed by atoms with Gasteiger partial charge in [0.25, 0.3) is 0 Å². The van der Waals surface area contributed by atoms with Crippen molar-refractivity contribution in [2.24, 2.45) is 5.41 Å². The number of hydrogen-bond donors (Lipinski definition) is 1. The van der Waals surface area contributed by atoms with E-state index in [1.54, 1.807) is 6.07 Å². The van der Waals surface area contributed by atoms with Gasteiger partial charge >= 0.3 is 0 Å². The van der Waals surface area contributed by atoms with Gasteiger partial charge in [0, 0.05) is 18.0 Å². The molecule has 18 heavy (non-hydrogen) atoms. The lowest BCUT2D eigenvalue weighted by Crippen LogP contribution is -2.35. The highest BCUT2D eigenvalue weighted by atomic mass is 35.5. The smallest absolute Gasteiger partial charge is 0.142 e. The molecule has 1 unspecified atom stereocenters. The minimum atomic E-state index is -0.364. The van der Waals surface area contributed by atoms with Crippen LogP contribution in [0.5, 0.6) is 0 Å². The molecule has 0 aromatic heterocycles. The topological polar surface area (TPSA) is 12.0 Å². The molecule has 0 aliphatic carbocycles. The fourth-order valence-corrected chi connectivity index (χ4v) is 1.88. The van der Waals surface area contributed by atoms with Crippen molar-refractivity contribution in [3.05, 3.63) is 47.3 Å². The van der Waals surface area contributed by atoms with E-state index in [1.165, 1.54) is 6.07 Å². The van der Waals surface area contributed by atoms with Gasteiger partial charge in [-0.3, -0.25) is 0 Å². The van der Waals surface area contributed by atoms with Crippen LogP contribution in [0.2, 0.25) is 5.02 Å². The van der Waals surface area contributed by atoms with E-state index in [4.69, 9.17) is 11.6 Å². The van der Waals surface area contributed by atoms with Gasteiger partial charge in [0.05, 0.1) is 5.02 Å². The summed E-state index contributed by atoms with van der Waals surface area (Å²) in [5.74, 6) is -0.364. The summed E-state index contributed by atoms with van der Waals surface area (Å²) in [7, 11) is 0. The van der Waals surface area contributed by atoms with Gasteiger partial charge in [-0.05, 0) is 24.1 Å². The Morgan fingerprint density at radius 2 is 2.17 bits per heavy atom. The zero-order chi connectivity index (χ0) is 13.8. The largest absolute Gasteiger partial charge is 0.314 e. The van der Waals surface area contributed by atoms with Crippen LogP contribution < -0.4 is 5.32 Å². The molecule has 0 heterocycles. The Labute approximate surface area is 114 Å². The molecule has 0 bridgehead atoms. The molecule has 0 amide bonds. The summed E-state index contributed by atoms with van der Waals surface area (Å²) in [5, 5.41) is 3.56. The highest BCUT2D eigenvalue weighted by Crippen LogP contribution is 2.25. The zero-order valence-electron chi connectivity index (χ0n) is 11.3. The van der Waals surface area contributed by atoms with Crippen LogP contribution in [0.1, 0.15) is 26.3 Å². The van der Waals surface area contributed by atoms with E-state index in [-0.39, 0.29) is 16.3 Å². The lowest BCUT2D eigenvalue weighted by Gasteiger charge is -2.27. The van der Waals surface area contributed by atoms with Crippen molar-refractivity contribution in [3.63, 3.8) is 0 Å². The molecule has 0 saturated carbocycles. The molecule has 1 aromatic carbocycles. The second kappa shape index (κ2) is 6.35. The number of halogens is 2. The summed E-state index contributed by atoms with van der Waals surface area (Å²) in [5.41, 5.74) is 0.842. The Morgan fingerprint density at radius 3 is 2.67 bits per heavy atom. The van der Waals surface area contributed by atoms with Crippen molar-refractivity contribution >= 4 is 11.6 Å². The Kier molecular flexibility index (Phi) is 5.36. The molecule has 0 fully saturated rings.